The highest BCUT2D eigenvalue weighted by Crippen LogP contribution is 2.28. The fourth-order valence-electron chi connectivity index (χ4n) is 1.05. The first-order chi connectivity index (χ1) is 7.33. The summed E-state index contributed by atoms with van der Waals surface area (Å²) in [6.45, 7) is 0. The second-order valence-electron chi connectivity index (χ2n) is 2.86. The van der Waals surface area contributed by atoms with Gasteiger partial charge in [0, 0.05) is 11.8 Å². The molecule has 1 aromatic rings. The lowest BCUT2D eigenvalue weighted by molar-refractivity contribution is -0.274. The molecule has 0 saturated heterocycles. The molecule has 0 aliphatic carbocycles. The van der Waals surface area contributed by atoms with E-state index in [1.807, 2.05) is 0 Å². The zero-order chi connectivity index (χ0) is 12.3. The Morgan fingerprint density at radius 1 is 1.44 bits per heavy atom. The Bertz CT molecular complexity index is 406. The highest BCUT2D eigenvalue weighted by molar-refractivity contribution is 6.30. The van der Waals surface area contributed by atoms with E-state index in [4.69, 9.17) is 17.3 Å². The lowest BCUT2D eigenvalue weighted by Crippen LogP contribution is -2.19. The molecule has 16 heavy (non-hydrogen) atoms. The van der Waals surface area contributed by atoms with Crippen LogP contribution in [0.4, 0.5) is 18.9 Å². The maximum Gasteiger partial charge on any atom is 0.573 e. The molecule has 3 nitrogen and oxygen atoms in total. The average Bonchev–Trinajstić information content (AvgIpc) is 2.14. The molecule has 0 aliphatic heterocycles. The van der Waals surface area contributed by atoms with E-state index in [2.05, 4.69) is 4.74 Å². The predicted octanol–water partition coefficient (Wildman–Crippen LogP) is 2.59. The summed E-state index contributed by atoms with van der Waals surface area (Å²) >= 11 is 5.25. The van der Waals surface area contributed by atoms with E-state index in [1.54, 1.807) is 0 Å². The molecule has 0 heterocycles. The highest BCUT2D eigenvalue weighted by Gasteiger charge is 2.32. The summed E-state index contributed by atoms with van der Waals surface area (Å²) in [6, 6.07) is 3.36. The summed E-state index contributed by atoms with van der Waals surface area (Å²) < 4.78 is 39.7. The first kappa shape index (κ1) is 12.6. The molecule has 0 bridgehead atoms. The minimum Gasteiger partial charge on any atom is -0.405 e. The number of carbonyl (C=O) groups is 1. The molecule has 2 N–H and O–H groups in total. The summed E-state index contributed by atoms with van der Waals surface area (Å²) in [4.78, 5) is 11.2. The second kappa shape index (κ2) is 4.61. The number of rotatable bonds is 3. The van der Waals surface area contributed by atoms with Crippen LogP contribution in [0, 0.1) is 0 Å². The van der Waals surface area contributed by atoms with Gasteiger partial charge in [0.1, 0.15) is 5.75 Å². The molecule has 0 saturated carbocycles. The monoisotopic (exact) mass is 253 g/mol. The number of nitrogen functional groups attached to an aromatic ring is 1. The number of ether oxygens (including phenoxy) is 1. The Balaban J connectivity index is 3.13. The Labute approximate surface area is 93.9 Å². The van der Waals surface area contributed by atoms with Crippen LogP contribution < -0.4 is 10.5 Å². The van der Waals surface area contributed by atoms with Crippen LogP contribution in [0.2, 0.25) is 0 Å². The Hall–Kier alpha value is -1.43. The maximum atomic E-state index is 12.0. The number of anilines is 1. The molecule has 0 unspecified atom stereocenters. The van der Waals surface area contributed by atoms with Crippen LogP contribution in [0.5, 0.6) is 5.75 Å². The lowest BCUT2D eigenvalue weighted by atomic mass is 10.1. The number of nitrogens with two attached hydrogens (primary N) is 1. The molecule has 7 heteroatoms. The molecule has 0 aromatic heterocycles. The molecule has 0 fully saturated rings. The molecular formula is C9H7ClF3NO2. The van der Waals surface area contributed by atoms with Crippen molar-refractivity contribution >= 4 is 23.1 Å². The minimum atomic E-state index is -4.88. The second-order valence-corrected chi connectivity index (χ2v) is 3.13. The third kappa shape index (κ3) is 3.30. The number of hydrogen-bond acceptors (Lipinski definition) is 3. The van der Waals surface area contributed by atoms with Gasteiger partial charge >= 0.3 is 6.36 Å². The number of Topliss-reactive ketones (excluding diaryl/α,β-unsaturated/α-hetero) is 1. The molecule has 1 rings (SSSR count). The zero-order valence-electron chi connectivity index (χ0n) is 7.84. The predicted molar refractivity (Wildman–Crippen MR) is 52.6 cm³/mol. The van der Waals surface area contributed by atoms with Gasteiger partial charge in [-0.2, -0.15) is 0 Å². The van der Waals surface area contributed by atoms with Gasteiger partial charge in [-0.3, -0.25) is 4.79 Å². The molecule has 0 radical (unpaired) electrons. The third-order valence-corrected chi connectivity index (χ3v) is 1.90. The highest BCUT2D eigenvalue weighted by atomic mass is 35.5. The standard InChI is InChI=1S/C9H7ClF3NO2/c10-4-7(15)6-2-1-5(14)3-8(6)16-9(11,12)13/h1-3H,4,14H2. The number of benzene rings is 1. The number of alkyl halides is 4. The lowest BCUT2D eigenvalue weighted by Gasteiger charge is -2.12. The molecule has 1 aromatic carbocycles. The summed E-state index contributed by atoms with van der Waals surface area (Å²) in [6.07, 6.45) is -4.88. The molecule has 0 aliphatic rings. The number of halogens is 4. The number of hydrogen-bond donors (Lipinski definition) is 1. The average molecular weight is 254 g/mol. The van der Waals surface area contributed by atoms with Crippen LogP contribution in [0.3, 0.4) is 0 Å². The van der Waals surface area contributed by atoms with Crippen molar-refractivity contribution in [2.24, 2.45) is 0 Å². The molecule has 88 valence electrons. The van der Waals surface area contributed by atoms with Gasteiger partial charge < -0.3 is 10.5 Å². The third-order valence-electron chi connectivity index (χ3n) is 1.65. The van der Waals surface area contributed by atoms with Crippen molar-refractivity contribution in [1.82, 2.24) is 0 Å². The van der Waals surface area contributed by atoms with E-state index in [0.29, 0.717) is 0 Å². The summed E-state index contributed by atoms with van der Waals surface area (Å²) in [5.41, 5.74) is 5.11. The minimum absolute atomic E-state index is 0.0605. The van der Waals surface area contributed by atoms with Gasteiger partial charge in [0.25, 0.3) is 0 Å². The van der Waals surface area contributed by atoms with Crippen LogP contribution >= 0.6 is 11.6 Å². The van der Waals surface area contributed by atoms with E-state index in [0.717, 1.165) is 12.1 Å². The van der Waals surface area contributed by atoms with Crippen LogP contribution in [-0.2, 0) is 0 Å². The Morgan fingerprint density at radius 2 is 2.06 bits per heavy atom. The van der Waals surface area contributed by atoms with Gasteiger partial charge in [-0.05, 0) is 12.1 Å². The van der Waals surface area contributed by atoms with Crippen molar-refractivity contribution in [2.45, 2.75) is 6.36 Å². The SMILES string of the molecule is Nc1ccc(C(=O)CCl)c(OC(F)(F)F)c1. The molecule has 0 spiro atoms. The Kier molecular flexibility index (Phi) is 3.64. The van der Waals surface area contributed by atoms with E-state index in [9.17, 15) is 18.0 Å². The van der Waals surface area contributed by atoms with E-state index in [1.165, 1.54) is 6.07 Å². The summed E-state index contributed by atoms with van der Waals surface area (Å²) in [5.74, 6) is -1.74. The fraction of sp³-hybridized carbons (Fsp3) is 0.222. The van der Waals surface area contributed by atoms with Crippen LogP contribution in [-0.4, -0.2) is 18.0 Å². The van der Waals surface area contributed by atoms with Crippen molar-refractivity contribution in [1.29, 1.82) is 0 Å². The topological polar surface area (TPSA) is 52.3 Å². The first-order valence-corrected chi connectivity index (χ1v) is 4.61. The van der Waals surface area contributed by atoms with Crippen LogP contribution in [0.1, 0.15) is 10.4 Å². The molecule has 0 amide bonds. The first-order valence-electron chi connectivity index (χ1n) is 4.08. The van der Waals surface area contributed by atoms with Gasteiger partial charge in [-0.25, -0.2) is 0 Å². The normalized spacial score (nSPS) is 11.2. The van der Waals surface area contributed by atoms with Crippen molar-refractivity contribution < 1.29 is 22.7 Å². The van der Waals surface area contributed by atoms with E-state index >= 15 is 0 Å². The largest absolute Gasteiger partial charge is 0.573 e. The number of carbonyl (C=O) groups excluding carboxylic acids is 1. The zero-order valence-corrected chi connectivity index (χ0v) is 8.60. The molecular weight excluding hydrogens is 247 g/mol. The van der Waals surface area contributed by atoms with Gasteiger partial charge in [-0.1, -0.05) is 0 Å². The summed E-state index contributed by atoms with van der Waals surface area (Å²) in [7, 11) is 0. The van der Waals surface area contributed by atoms with Gasteiger partial charge in [0.05, 0.1) is 11.4 Å². The van der Waals surface area contributed by atoms with E-state index in [-0.39, 0.29) is 11.3 Å². The van der Waals surface area contributed by atoms with Crippen molar-refractivity contribution in [3.8, 4) is 5.75 Å². The summed E-state index contributed by atoms with van der Waals surface area (Å²) in [5, 5.41) is 0. The van der Waals surface area contributed by atoms with Gasteiger partial charge in [-0.15, -0.1) is 24.8 Å². The molecule has 0 atom stereocenters. The fourth-order valence-corrected chi connectivity index (χ4v) is 1.19. The Morgan fingerprint density at radius 3 is 2.56 bits per heavy atom. The maximum absolute atomic E-state index is 12.0. The van der Waals surface area contributed by atoms with Crippen molar-refractivity contribution in [2.75, 3.05) is 11.6 Å². The van der Waals surface area contributed by atoms with Crippen molar-refractivity contribution in [3.05, 3.63) is 23.8 Å². The van der Waals surface area contributed by atoms with Gasteiger partial charge in [0.2, 0.25) is 0 Å². The van der Waals surface area contributed by atoms with Gasteiger partial charge in [0.15, 0.2) is 5.78 Å². The number of ketones is 1. The van der Waals surface area contributed by atoms with Crippen LogP contribution in [0.15, 0.2) is 18.2 Å². The van der Waals surface area contributed by atoms with Crippen molar-refractivity contribution in [3.63, 3.8) is 0 Å². The van der Waals surface area contributed by atoms with E-state index < -0.39 is 23.8 Å². The smallest absolute Gasteiger partial charge is 0.405 e. The van der Waals surface area contributed by atoms with Crippen LogP contribution in [0.25, 0.3) is 0 Å². The quantitative estimate of drug-likeness (QED) is 0.512.